The Bertz CT molecular complexity index is 403. The van der Waals surface area contributed by atoms with E-state index in [1.54, 1.807) is 0 Å². The van der Waals surface area contributed by atoms with Crippen molar-refractivity contribution in [2.45, 2.75) is 45.7 Å². The van der Waals surface area contributed by atoms with Gasteiger partial charge in [-0.25, -0.2) is 0 Å². The van der Waals surface area contributed by atoms with E-state index in [2.05, 4.69) is 19.2 Å². The molecular formula is C15H23ClN2O. The normalized spacial score (nSPS) is 14.2. The molecule has 0 aliphatic rings. The summed E-state index contributed by atoms with van der Waals surface area (Å²) < 4.78 is 0. The van der Waals surface area contributed by atoms with Crippen LogP contribution in [0.5, 0.6) is 0 Å². The maximum atomic E-state index is 11.9. The molecule has 19 heavy (non-hydrogen) atoms. The van der Waals surface area contributed by atoms with E-state index in [9.17, 15) is 4.79 Å². The Morgan fingerprint density at radius 3 is 2.37 bits per heavy atom. The molecular weight excluding hydrogens is 260 g/mol. The fourth-order valence-electron chi connectivity index (χ4n) is 1.99. The molecule has 0 saturated heterocycles. The SMILES string of the molecule is CC(C)CC(N)C(=O)NC(C)Cc1ccc(Cl)cc1. The minimum Gasteiger partial charge on any atom is -0.352 e. The maximum Gasteiger partial charge on any atom is 0.237 e. The molecule has 0 aromatic heterocycles. The summed E-state index contributed by atoms with van der Waals surface area (Å²) in [6.45, 7) is 6.10. The summed E-state index contributed by atoms with van der Waals surface area (Å²) in [5, 5.41) is 3.67. The fourth-order valence-corrected chi connectivity index (χ4v) is 2.12. The second-order valence-electron chi connectivity index (χ2n) is 5.48. The van der Waals surface area contributed by atoms with Gasteiger partial charge in [-0.1, -0.05) is 37.6 Å². The zero-order chi connectivity index (χ0) is 14.4. The number of benzene rings is 1. The molecule has 106 valence electrons. The lowest BCUT2D eigenvalue weighted by Gasteiger charge is -2.18. The van der Waals surface area contributed by atoms with Gasteiger partial charge in [-0.2, -0.15) is 0 Å². The average Bonchev–Trinajstić information content (AvgIpc) is 2.31. The Hall–Kier alpha value is -1.06. The van der Waals surface area contributed by atoms with Crippen LogP contribution in [0, 0.1) is 5.92 Å². The van der Waals surface area contributed by atoms with Crippen molar-refractivity contribution in [3.8, 4) is 0 Å². The predicted molar refractivity (Wildman–Crippen MR) is 80.2 cm³/mol. The lowest BCUT2D eigenvalue weighted by atomic mass is 10.0. The highest BCUT2D eigenvalue weighted by atomic mass is 35.5. The van der Waals surface area contributed by atoms with Gasteiger partial charge in [0.1, 0.15) is 0 Å². The molecule has 0 heterocycles. The summed E-state index contributed by atoms with van der Waals surface area (Å²) in [6, 6.07) is 7.30. The lowest BCUT2D eigenvalue weighted by molar-refractivity contribution is -0.123. The number of nitrogens with one attached hydrogen (secondary N) is 1. The number of hydrogen-bond donors (Lipinski definition) is 2. The Morgan fingerprint density at radius 2 is 1.84 bits per heavy atom. The second kappa shape index (κ2) is 7.51. The van der Waals surface area contributed by atoms with Crippen molar-refractivity contribution in [2.24, 2.45) is 11.7 Å². The van der Waals surface area contributed by atoms with Gasteiger partial charge < -0.3 is 11.1 Å². The predicted octanol–water partition coefficient (Wildman–Crippen LogP) is 2.76. The summed E-state index contributed by atoms with van der Waals surface area (Å²) in [4.78, 5) is 11.9. The number of rotatable bonds is 6. The van der Waals surface area contributed by atoms with E-state index in [1.165, 1.54) is 0 Å². The smallest absolute Gasteiger partial charge is 0.237 e. The van der Waals surface area contributed by atoms with E-state index in [1.807, 2.05) is 31.2 Å². The van der Waals surface area contributed by atoms with E-state index >= 15 is 0 Å². The standard InChI is InChI=1S/C15H23ClN2O/c1-10(2)8-14(17)15(19)18-11(3)9-12-4-6-13(16)7-5-12/h4-7,10-11,14H,8-9,17H2,1-3H3,(H,18,19). The van der Waals surface area contributed by atoms with Crippen molar-refractivity contribution in [3.63, 3.8) is 0 Å². The van der Waals surface area contributed by atoms with Crippen LogP contribution in [0.1, 0.15) is 32.8 Å². The fraction of sp³-hybridized carbons (Fsp3) is 0.533. The van der Waals surface area contributed by atoms with Gasteiger partial charge in [0, 0.05) is 11.1 Å². The van der Waals surface area contributed by atoms with Crippen molar-refractivity contribution in [1.82, 2.24) is 5.32 Å². The van der Waals surface area contributed by atoms with Crippen molar-refractivity contribution in [1.29, 1.82) is 0 Å². The quantitative estimate of drug-likeness (QED) is 0.843. The van der Waals surface area contributed by atoms with Crippen LogP contribution >= 0.6 is 11.6 Å². The molecule has 0 spiro atoms. The first-order chi connectivity index (χ1) is 8.88. The lowest BCUT2D eigenvalue weighted by Crippen LogP contribution is -2.45. The number of nitrogens with two attached hydrogens (primary N) is 1. The van der Waals surface area contributed by atoms with E-state index in [4.69, 9.17) is 17.3 Å². The molecule has 3 nitrogen and oxygen atoms in total. The Labute approximate surface area is 120 Å². The maximum absolute atomic E-state index is 11.9. The molecule has 1 aromatic rings. The van der Waals surface area contributed by atoms with Gasteiger partial charge in [0.2, 0.25) is 5.91 Å². The first-order valence-corrected chi connectivity index (χ1v) is 7.06. The van der Waals surface area contributed by atoms with Crippen molar-refractivity contribution in [3.05, 3.63) is 34.9 Å². The Balaban J connectivity index is 2.44. The minimum absolute atomic E-state index is 0.0619. The summed E-state index contributed by atoms with van der Waals surface area (Å²) in [5.74, 6) is 0.350. The van der Waals surface area contributed by atoms with Crippen molar-refractivity contribution in [2.75, 3.05) is 0 Å². The van der Waals surface area contributed by atoms with Crippen LogP contribution in [0.2, 0.25) is 5.02 Å². The Morgan fingerprint density at radius 1 is 1.26 bits per heavy atom. The van der Waals surface area contributed by atoms with Crippen LogP contribution in [0.3, 0.4) is 0 Å². The van der Waals surface area contributed by atoms with E-state index in [-0.39, 0.29) is 11.9 Å². The summed E-state index contributed by atoms with van der Waals surface area (Å²) in [5.41, 5.74) is 7.00. The number of carbonyl (C=O) groups is 1. The highest BCUT2D eigenvalue weighted by Crippen LogP contribution is 2.11. The van der Waals surface area contributed by atoms with Gasteiger partial charge >= 0.3 is 0 Å². The van der Waals surface area contributed by atoms with Crippen molar-refractivity contribution >= 4 is 17.5 Å². The van der Waals surface area contributed by atoms with Gasteiger partial charge in [-0.15, -0.1) is 0 Å². The largest absolute Gasteiger partial charge is 0.352 e. The second-order valence-corrected chi connectivity index (χ2v) is 5.91. The highest BCUT2D eigenvalue weighted by molar-refractivity contribution is 6.30. The van der Waals surface area contributed by atoms with Gasteiger partial charge in [0.15, 0.2) is 0 Å². The summed E-state index contributed by atoms with van der Waals surface area (Å²) in [7, 11) is 0. The molecule has 0 radical (unpaired) electrons. The van der Waals surface area contributed by atoms with Gasteiger partial charge in [-0.05, 0) is 43.4 Å². The highest BCUT2D eigenvalue weighted by Gasteiger charge is 2.16. The number of amides is 1. The van der Waals surface area contributed by atoms with Crippen LogP contribution in [-0.2, 0) is 11.2 Å². The van der Waals surface area contributed by atoms with Crippen LogP contribution in [0.15, 0.2) is 24.3 Å². The molecule has 0 aliphatic carbocycles. The number of hydrogen-bond acceptors (Lipinski definition) is 2. The first kappa shape index (κ1) is 16.0. The third kappa shape index (κ3) is 6.08. The molecule has 1 aromatic carbocycles. The van der Waals surface area contributed by atoms with Gasteiger partial charge in [0.05, 0.1) is 6.04 Å². The first-order valence-electron chi connectivity index (χ1n) is 6.69. The molecule has 0 saturated carbocycles. The molecule has 1 rings (SSSR count). The summed E-state index contributed by atoms with van der Waals surface area (Å²) >= 11 is 5.84. The zero-order valence-corrected chi connectivity index (χ0v) is 12.6. The third-order valence-electron chi connectivity index (χ3n) is 2.91. The zero-order valence-electron chi connectivity index (χ0n) is 11.8. The molecule has 2 unspecified atom stereocenters. The summed E-state index contributed by atoms with van der Waals surface area (Å²) in [6.07, 6.45) is 1.48. The average molecular weight is 283 g/mol. The van der Waals surface area contributed by atoms with Gasteiger partial charge in [0.25, 0.3) is 0 Å². The van der Waals surface area contributed by atoms with E-state index in [0.29, 0.717) is 12.3 Å². The molecule has 4 heteroatoms. The monoisotopic (exact) mass is 282 g/mol. The molecule has 0 fully saturated rings. The molecule has 3 N–H and O–H groups in total. The van der Waals surface area contributed by atoms with E-state index < -0.39 is 6.04 Å². The van der Waals surface area contributed by atoms with Crippen LogP contribution in [0.25, 0.3) is 0 Å². The van der Waals surface area contributed by atoms with Gasteiger partial charge in [-0.3, -0.25) is 4.79 Å². The van der Waals surface area contributed by atoms with Crippen LogP contribution in [-0.4, -0.2) is 18.0 Å². The minimum atomic E-state index is -0.423. The number of halogens is 1. The third-order valence-corrected chi connectivity index (χ3v) is 3.16. The van der Waals surface area contributed by atoms with Crippen LogP contribution < -0.4 is 11.1 Å². The molecule has 1 amide bonds. The Kier molecular flexibility index (Phi) is 6.32. The van der Waals surface area contributed by atoms with E-state index in [0.717, 1.165) is 17.0 Å². The molecule has 2 atom stereocenters. The molecule has 0 bridgehead atoms. The molecule has 0 aliphatic heterocycles. The van der Waals surface area contributed by atoms with Crippen molar-refractivity contribution < 1.29 is 4.79 Å². The number of carbonyl (C=O) groups excluding carboxylic acids is 1. The van der Waals surface area contributed by atoms with Crippen LogP contribution in [0.4, 0.5) is 0 Å². The topological polar surface area (TPSA) is 55.1 Å².